The minimum Gasteiger partial charge on any atom is -0.448 e. The van der Waals surface area contributed by atoms with Crippen molar-refractivity contribution in [2.24, 2.45) is 0 Å². The van der Waals surface area contributed by atoms with Crippen LogP contribution in [0.15, 0.2) is 34.9 Å². The average Bonchev–Trinajstić information content (AvgIpc) is 2.98. The van der Waals surface area contributed by atoms with Crippen LogP contribution in [-0.4, -0.2) is 33.8 Å². The maximum atomic E-state index is 11.4. The fourth-order valence-electron chi connectivity index (χ4n) is 2.49. The number of oxazole rings is 1. The third kappa shape index (κ3) is 3.24. The fraction of sp³-hybridized carbons (Fsp3) is 0.471. The summed E-state index contributed by atoms with van der Waals surface area (Å²) < 4.78 is 17.0. The van der Waals surface area contributed by atoms with E-state index in [9.17, 15) is 4.21 Å². The summed E-state index contributed by atoms with van der Waals surface area (Å²) in [7, 11) is -0.639. The molecule has 0 spiro atoms. The van der Waals surface area contributed by atoms with Crippen LogP contribution in [0.1, 0.15) is 26.7 Å². The number of aromatic nitrogens is 1. The topological polar surface area (TPSA) is 46.3 Å². The van der Waals surface area contributed by atoms with E-state index in [-0.39, 0.29) is 5.41 Å². The molecule has 1 aromatic heterocycles. The van der Waals surface area contributed by atoms with E-state index in [1.165, 1.54) is 5.69 Å². The molecule has 118 valence electrons. The number of benzene rings is 1. The second-order valence-electron chi connectivity index (χ2n) is 6.67. The van der Waals surface area contributed by atoms with E-state index < -0.39 is 10.8 Å². The second kappa shape index (κ2) is 5.88. The summed E-state index contributed by atoms with van der Waals surface area (Å²) in [5.74, 6) is 2.28. The van der Waals surface area contributed by atoms with Gasteiger partial charge < -0.3 is 9.32 Å². The molecule has 22 heavy (non-hydrogen) atoms. The molecule has 1 saturated heterocycles. The lowest BCUT2D eigenvalue weighted by Crippen LogP contribution is -2.37. The van der Waals surface area contributed by atoms with Crippen molar-refractivity contribution in [3.05, 3.63) is 36.4 Å². The molecule has 0 saturated carbocycles. The molecule has 1 aliphatic heterocycles. The smallest absolute Gasteiger partial charge is 0.199 e. The fourth-order valence-corrected chi connectivity index (χ4v) is 3.54. The minimum atomic E-state index is -0.639. The third-order valence-corrected chi connectivity index (χ3v) is 5.13. The maximum absolute atomic E-state index is 11.4. The second-order valence-corrected chi connectivity index (χ2v) is 8.37. The zero-order valence-electron chi connectivity index (χ0n) is 13.3. The number of nitrogens with zero attached hydrogens (tertiary/aromatic N) is 2. The van der Waals surface area contributed by atoms with Crippen LogP contribution < -0.4 is 4.90 Å². The van der Waals surface area contributed by atoms with Gasteiger partial charge in [-0.15, -0.1) is 0 Å². The number of anilines is 1. The molecule has 0 atom stereocenters. The van der Waals surface area contributed by atoms with Gasteiger partial charge in [-0.1, -0.05) is 32.9 Å². The number of hydrogen-bond donors (Lipinski definition) is 0. The molecule has 3 rings (SSSR count). The van der Waals surface area contributed by atoms with Crippen LogP contribution >= 0.6 is 0 Å². The SMILES string of the molecule is CC(C)(C)c1nc(-c2ccc(N3CCS(=O)CC3)cc2)co1. The Bertz CT molecular complexity index is 661. The Morgan fingerprint density at radius 1 is 1.14 bits per heavy atom. The number of rotatable bonds is 2. The zero-order chi connectivity index (χ0) is 15.7. The van der Waals surface area contributed by atoms with Crippen LogP contribution in [0.3, 0.4) is 0 Å². The minimum absolute atomic E-state index is 0.0817. The van der Waals surface area contributed by atoms with Gasteiger partial charge in [-0.25, -0.2) is 4.98 Å². The first-order valence-electron chi connectivity index (χ1n) is 7.60. The van der Waals surface area contributed by atoms with Crippen LogP contribution in [0.5, 0.6) is 0 Å². The van der Waals surface area contributed by atoms with E-state index in [2.05, 4.69) is 54.9 Å². The van der Waals surface area contributed by atoms with Crippen molar-refractivity contribution in [3.8, 4) is 11.3 Å². The zero-order valence-corrected chi connectivity index (χ0v) is 14.2. The molecule has 0 radical (unpaired) electrons. The van der Waals surface area contributed by atoms with Crippen molar-refractivity contribution in [1.82, 2.24) is 4.98 Å². The standard InChI is InChI=1S/C17H22N2O2S/c1-17(2,3)16-18-15(12-21-16)13-4-6-14(7-5-13)19-8-10-22(20)11-9-19/h4-7,12H,8-11H2,1-3H3. The summed E-state index contributed by atoms with van der Waals surface area (Å²) in [5.41, 5.74) is 3.03. The molecular weight excluding hydrogens is 296 g/mol. The first-order chi connectivity index (χ1) is 10.4. The molecule has 0 N–H and O–H groups in total. The van der Waals surface area contributed by atoms with Crippen molar-refractivity contribution in [1.29, 1.82) is 0 Å². The van der Waals surface area contributed by atoms with Gasteiger partial charge in [0.25, 0.3) is 0 Å². The molecule has 0 unspecified atom stereocenters. The van der Waals surface area contributed by atoms with E-state index in [4.69, 9.17) is 4.42 Å². The highest BCUT2D eigenvalue weighted by atomic mass is 32.2. The van der Waals surface area contributed by atoms with E-state index in [1.807, 2.05) is 0 Å². The van der Waals surface area contributed by atoms with Crippen LogP contribution in [0.2, 0.25) is 0 Å². The summed E-state index contributed by atoms with van der Waals surface area (Å²) >= 11 is 0. The summed E-state index contributed by atoms with van der Waals surface area (Å²) in [5, 5.41) is 0. The monoisotopic (exact) mass is 318 g/mol. The van der Waals surface area contributed by atoms with Crippen molar-refractivity contribution in [2.75, 3.05) is 29.5 Å². The highest BCUT2D eigenvalue weighted by molar-refractivity contribution is 7.85. The normalized spacial score (nSPS) is 17.0. The molecule has 0 amide bonds. The third-order valence-electron chi connectivity index (χ3n) is 3.85. The van der Waals surface area contributed by atoms with Crippen molar-refractivity contribution >= 4 is 16.5 Å². The highest BCUT2D eigenvalue weighted by Gasteiger charge is 2.21. The number of hydrogen-bond acceptors (Lipinski definition) is 4. The van der Waals surface area contributed by atoms with Crippen molar-refractivity contribution < 1.29 is 8.63 Å². The van der Waals surface area contributed by atoms with Crippen LogP contribution in [0, 0.1) is 0 Å². The van der Waals surface area contributed by atoms with Gasteiger partial charge in [0, 0.05) is 52.1 Å². The lowest BCUT2D eigenvalue weighted by molar-refractivity contribution is 0.392. The molecule has 5 heteroatoms. The van der Waals surface area contributed by atoms with Gasteiger partial charge in [0.2, 0.25) is 0 Å². The van der Waals surface area contributed by atoms with Crippen molar-refractivity contribution in [3.63, 3.8) is 0 Å². The molecular formula is C17H22N2O2S. The molecule has 0 aliphatic carbocycles. The molecule has 1 aromatic carbocycles. The van der Waals surface area contributed by atoms with Gasteiger partial charge in [0.1, 0.15) is 12.0 Å². The average molecular weight is 318 g/mol. The quantitative estimate of drug-likeness (QED) is 0.853. The Morgan fingerprint density at radius 2 is 1.77 bits per heavy atom. The first kappa shape index (κ1) is 15.3. The maximum Gasteiger partial charge on any atom is 0.199 e. The van der Waals surface area contributed by atoms with E-state index in [0.29, 0.717) is 0 Å². The molecule has 2 aromatic rings. The van der Waals surface area contributed by atoms with Crippen molar-refractivity contribution in [2.45, 2.75) is 26.2 Å². The highest BCUT2D eigenvalue weighted by Crippen LogP contribution is 2.27. The van der Waals surface area contributed by atoms with Gasteiger partial charge in [-0.3, -0.25) is 4.21 Å². The van der Waals surface area contributed by atoms with E-state index in [1.54, 1.807) is 6.26 Å². The van der Waals surface area contributed by atoms with Gasteiger partial charge in [0.05, 0.1) is 0 Å². The predicted octanol–water partition coefficient (Wildman–Crippen LogP) is 3.21. The Labute approximate surface area is 134 Å². The Hall–Kier alpha value is -1.62. The van der Waals surface area contributed by atoms with Crippen LogP contribution in [0.4, 0.5) is 5.69 Å². The molecule has 4 nitrogen and oxygen atoms in total. The first-order valence-corrected chi connectivity index (χ1v) is 9.09. The van der Waals surface area contributed by atoms with Gasteiger partial charge >= 0.3 is 0 Å². The summed E-state index contributed by atoms with van der Waals surface area (Å²) in [6, 6.07) is 8.36. The summed E-state index contributed by atoms with van der Waals surface area (Å²) in [6.45, 7) is 8.00. The molecule has 1 fully saturated rings. The van der Waals surface area contributed by atoms with Crippen LogP contribution in [0.25, 0.3) is 11.3 Å². The van der Waals surface area contributed by atoms with Gasteiger partial charge in [0.15, 0.2) is 5.89 Å². The molecule has 2 heterocycles. The van der Waals surface area contributed by atoms with E-state index >= 15 is 0 Å². The summed E-state index contributed by atoms with van der Waals surface area (Å²) in [4.78, 5) is 6.87. The Kier molecular flexibility index (Phi) is 4.08. The summed E-state index contributed by atoms with van der Waals surface area (Å²) in [6.07, 6.45) is 1.72. The molecule has 1 aliphatic rings. The van der Waals surface area contributed by atoms with Gasteiger partial charge in [-0.2, -0.15) is 0 Å². The van der Waals surface area contributed by atoms with Crippen LogP contribution in [-0.2, 0) is 16.2 Å². The molecule has 0 bridgehead atoms. The Morgan fingerprint density at radius 3 is 2.32 bits per heavy atom. The lowest BCUT2D eigenvalue weighted by Gasteiger charge is -2.28. The Balaban J connectivity index is 1.77. The predicted molar refractivity (Wildman–Crippen MR) is 90.7 cm³/mol. The lowest BCUT2D eigenvalue weighted by atomic mass is 9.97. The van der Waals surface area contributed by atoms with E-state index in [0.717, 1.165) is 41.7 Å². The van der Waals surface area contributed by atoms with Gasteiger partial charge in [-0.05, 0) is 12.1 Å². The largest absolute Gasteiger partial charge is 0.448 e.